The first-order valence-electron chi connectivity index (χ1n) is 5.30. The molecule has 0 aliphatic carbocycles. The molecule has 8 heteroatoms. The maximum Gasteiger partial charge on any atom is 0.286 e. The van der Waals surface area contributed by atoms with E-state index in [1.807, 2.05) is 0 Å². The third-order valence-corrected chi connectivity index (χ3v) is 3.18. The zero-order valence-corrected chi connectivity index (χ0v) is 11.0. The Balaban J connectivity index is 2.18. The summed E-state index contributed by atoms with van der Waals surface area (Å²) in [6, 6.07) is 3.85. The average molecular weight is 282 g/mol. The van der Waals surface area contributed by atoms with Gasteiger partial charge in [-0.05, 0) is 12.1 Å². The fourth-order valence-electron chi connectivity index (χ4n) is 1.36. The molecule has 2 N–H and O–H groups in total. The minimum atomic E-state index is -0.441. The van der Waals surface area contributed by atoms with Crippen LogP contribution in [-0.4, -0.2) is 30.3 Å². The van der Waals surface area contributed by atoms with Crippen molar-refractivity contribution in [1.29, 1.82) is 0 Å². The van der Waals surface area contributed by atoms with E-state index in [9.17, 15) is 9.18 Å². The van der Waals surface area contributed by atoms with E-state index >= 15 is 0 Å². The summed E-state index contributed by atoms with van der Waals surface area (Å²) in [6.45, 7) is 0. The van der Waals surface area contributed by atoms with Crippen LogP contribution in [0.15, 0.2) is 18.2 Å². The van der Waals surface area contributed by atoms with Gasteiger partial charge in [0.25, 0.3) is 5.91 Å². The van der Waals surface area contributed by atoms with Crippen molar-refractivity contribution in [2.45, 2.75) is 0 Å². The van der Waals surface area contributed by atoms with Crippen molar-refractivity contribution in [3.8, 4) is 5.75 Å². The fraction of sp³-hybridized carbons (Fsp3) is 0.182. The predicted molar refractivity (Wildman–Crippen MR) is 70.4 cm³/mol. The average Bonchev–Trinajstić information content (AvgIpc) is 2.89. The predicted octanol–water partition coefficient (Wildman–Crippen LogP) is 1.98. The molecule has 0 unspecified atom stereocenters. The first-order valence-corrected chi connectivity index (χ1v) is 6.12. The molecule has 1 aromatic heterocycles. The molecule has 0 aliphatic heterocycles. The van der Waals surface area contributed by atoms with Crippen molar-refractivity contribution in [2.24, 2.45) is 0 Å². The quantitative estimate of drug-likeness (QED) is 0.896. The van der Waals surface area contributed by atoms with Crippen LogP contribution in [0, 0.1) is 5.82 Å². The Morgan fingerprint density at radius 3 is 2.84 bits per heavy atom. The number of hydrogen-bond acceptors (Lipinski definition) is 6. The molecule has 0 saturated carbocycles. The molecule has 0 spiro atoms. The largest absolute Gasteiger partial charge is 0.494 e. The molecule has 19 heavy (non-hydrogen) atoms. The number of halogens is 1. The van der Waals surface area contributed by atoms with E-state index < -0.39 is 11.7 Å². The fourth-order valence-corrected chi connectivity index (χ4v) is 1.95. The van der Waals surface area contributed by atoms with Crippen LogP contribution in [0.4, 0.5) is 15.2 Å². The van der Waals surface area contributed by atoms with Crippen LogP contribution in [-0.2, 0) is 0 Å². The van der Waals surface area contributed by atoms with E-state index in [1.54, 1.807) is 7.05 Å². The van der Waals surface area contributed by atoms with Crippen molar-refractivity contribution in [2.75, 3.05) is 24.8 Å². The zero-order valence-electron chi connectivity index (χ0n) is 10.2. The van der Waals surface area contributed by atoms with Gasteiger partial charge in [-0.15, -0.1) is 10.2 Å². The van der Waals surface area contributed by atoms with Gasteiger partial charge in [0, 0.05) is 13.1 Å². The number of methoxy groups -OCH3 is 1. The molecule has 0 bridgehead atoms. The molecule has 1 amide bonds. The van der Waals surface area contributed by atoms with Gasteiger partial charge in [-0.25, -0.2) is 4.39 Å². The summed E-state index contributed by atoms with van der Waals surface area (Å²) in [7, 11) is 3.08. The van der Waals surface area contributed by atoms with Gasteiger partial charge in [0.15, 0.2) is 0 Å². The Labute approximate surface area is 112 Å². The number of hydrogen-bond donors (Lipinski definition) is 2. The zero-order chi connectivity index (χ0) is 13.8. The van der Waals surface area contributed by atoms with Gasteiger partial charge in [-0.1, -0.05) is 11.3 Å². The Kier molecular flexibility index (Phi) is 3.91. The summed E-state index contributed by atoms with van der Waals surface area (Å²) in [5.74, 6) is -0.626. The van der Waals surface area contributed by atoms with Crippen molar-refractivity contribution < 1.29 is 13.9 Å². The highest BCUT2D eigenvalue weighted by atomic mass is 32.1. The minimum Gasteiger partial charge on any atom is -0.494 e. The van der Waals surface area contributed by atoms with Gasteiger partial charge in [0.2, 0.25) is 10.1 Å². The second-order valence-electron chi connectivity index (χ2n) is 3.46. The summed E-state index contributed by atoms with van der Waals surface area (Å²) < 4.78 is 18.0. The van der Waals surface area contributed by atoms with Crippen LogP contribution < -0.4 is 15.4 Å². The lowest BCUT2D eigenvalue weighted by Gasteiger charge is -2.08. The second-order valence-corrected chi connectivity index (χ2v) is 4.44. The molecule has 0 radical (unpaired) electrons. The summed E-state index contributed by atoms with van der Waals surface area (Å²) in [6.07, 6.45) is 0. The number of benzene rings is 1. The van der Waals surface area contributed by atoms with Crippen LogP contribution in [0.2, 0.25) is 0 Å². The normalized spacial score (nSPS) is 10.1. The molecule has 1 aromatic carbocycles. The third-order valence-electron chi connectivity index (χ3n) is 2.24. The summed E-state index contributed by atoms with van der Waals surface area (Å²) in [4.78, 5) is 11.9. The highest BCUT2D eigenvalue weighted by molar-refractivity contribution is 7.17. The Hall–Kier alpha value is -2.22. The lowest BCUT2D eigenvalue weighted by Crippen LogP contribution is -2.12. The summed E-state index contributed by atoms with van der Waals surface area (Å²) in [5.41, 5.74) is 0.370. The van der Waals surface area contributed by atoms with E-state index in [1.165, 1.54) is 25.3 Å². The maximum absolute atomic E-state index is 13.0. The number of anilines is 2. The Morgan fingerprint density at radius 2 is 2.21 bits per heavy atom. The maximum atomic E-state index is 13.0. The smallest absolute Gasteiger partial charge is 0.286 e. The number of aromatic nitrogens is 2. The minimum absolute atomic E-state index is 0.204. The first kappa shape index (κ1) is 13.2. The molecule has 0 atom stereocenters. The number of carbonyl (C=O) groups excluding carboxylic acids is 1. The van der Waals surface area contributed by atoms with Crippen molar-refractivity contribution >= 4 is 28.1 Å². The topological polar surface area (TPSA) is 76.1 Å². The Bertz CT molecular complexity index is 602. The number of ether oxygens (including phenoxy) is 1. The van der Waals surface area contributed by atoms with Crippen LogP contribution in [0.3, 0.4) is 0 Å². The second kappa shape index (κ2) is 5.61. The molecule has 2 aromatic rings. The molecule has 2 rings (SSSR count). The summed E-state index contributed by atoms with van der Waals surface area (Å²) >= 11 is 1.12. The Morgan fingerprint density at radius 1 is 1.42 bits per heavy atom. The van der Waals surface area contributed by atoms with E-state index in [0.29, 0.717) is 10.8 Å². The van der Waals surface area contributed by atoms with Crippen molar-refractivity contribution in [3.05, 3.63) is 29.0 Å². The van der Waals surface area contributed by atoms with E-state index in [0.717, 1.165) is 11.3 Å². The van der Waals surface area contributed by atoms with Gasteiger partial charge in [-0.3, -0.25) is 4.79 Å². The molecule has 100 valence electrons. The monoisotopic (exact) mass is 282 g/mol. The molecular formula is C11H11FN4O2S. The lowest BCUT2D eigenvalue weighted by molar-refractivity contribution is 0.102. The van der Waals surface area contributed by atoms with Crippen LogP contribution >= 0.6 is 11.3 Å². The van der Waals surface area contributed by atoms with Gasteiger partial charge in [0.05, 0.1) is 12.8 Å². The van der Waals surface area contributed by atoms with E-state index in [4.69, 9.17) is 4.74 Å². The summed E-state index contributed by atoms with van der Waals surface area (Å²) in [5, 5.41) is 13.6. The molecular weight excluding hydrogens is 271 g/mol. The molecule has 0 fully saturated rings. The SMILES string of the molecule is CNc1nnc(C(=O)Nc2ccc(F)cc2OC)s1. The highest BCUT2D eigenvalue weighted by Gasteiger charge is 2.14. The van der Waals surface area contributed by atoms with E-state index in [-0.39, 0.29) is 10.8 Å². The van der Waals surface area contributed by atoms with Crippen LogP contribution in [0.25, 0.3) is 0 Å². The number of nitrogens with one attached hydrogen (secondary N) is 2. The van der Waals surface area contributed by atoms with Crippen LogP contribution in [0.1, 0.15) is 9.80 Å². The number of rotatable bonds is 4. The molecule has 6 nitrogen and oxygen atoms in total. The highest BCUT2D eigenvalue weighted by Crippen LogP contribution is 2.26. The third kappa shape index (κ3) is 2.97. The van der Waals surface area contributed by atoms with E-state index in [2.05, 4.69) is 20.8 Å². The van der Waals surface area contributed by atoms with Gasteiger partial charge in [-0.2, -0.15) is 0 Å². The first-order chi connectivity index (χ1) is 9.13. The van der Waals surface area contributed by atoms with Crippen molar-refractivity contribution in [1.82, 2.24) is 10.2 Å². The van der Waals surface area contributed by atoms with Crippen molar-refractivity contribution in [3.63, 3.8) is 0 Å². The molecule has 0 aliphatic rings. The molecule has 1 heterocycles. The standard InChI is InChI=1S/C11H11FN4O2S/c1-13-11-16-15-10(19-11)9(17)14-7-4-3-6(12)5-8(7)18-2/h3-5H,1-2H3,(H,13,16)(H,14,17). The molecule has 0 saturated heterocycles. The lowest BCUT2D eigenvalue weighted by atomic mass is 10.3. The van der Waals surface area contributed by atoms with Gasteiger partial charge in [0.1, 0.15) is 11.6 Å². The van der Waals surface area contributed by atoms with Gasteiger partial charge >= 0.3 is 0 Å². The number of amides is 1. The van der Waals surface area contributed by atoms with Crippen LogP contribution in [0.5, 0.6) is 5.75 Å². The van der Waals surface area contributed by atoms with Gasteiger partial charge < -0.3 is 15.4 Å². The number of nitrogens with zero attached hydrogens (tertiary/aromatic N) is 2. The number of carbonyl (C=O) groups is 1.